The smallest absolute Gasteiger partial charge is 0.135 e. The Morgan fingerprint density at radius 2 is 0.868 bits per heavy atom. The van der Waals surface area contributed by atoms with Gasteiger partial charge in [-0.2, -0.15) is 0 Å². The Morgan fingerprint density at radius 1 is 0.500 bits per heavy atom. The monoisotopic (exact) mass is 489 g/mol. The number of ether oxygens (including phenoxy) is 1. The Morgan fingerprint density at radius 3 is 1.26 bits per heavy atom. The topological polar surface area (TPSA) is 22.1 Å². The van der Waals surface area contributed by atoms with Crippen LogP contribution in [0.15, 0.2) is 151 Å². The van der Waals surface area contributed by atoms with Crippen LogP contribution in [0.3, 0.4) is 0 Å². The van der Waals surface area contributed by atoms with E-state index in [1.807, 2.05) is 48.5 Å². The van der Waals surface area contributed by atoms with Crippen LogP contribution < -0.4 is 0 Å². The van der Waals surface area contributed by atoms with Gasteiger partial charge in [0.1, 0.15) is 11.5 Å². The lowest BCUT2D eigenvalue weighted by atomic mass is 9.94. The summed E-state index contributed by atoms with van der Waals surface area (Å²) in [5, 5.41) is 0. The highest BCUT2D eigenvalue weighted by Gasteiger charge is 2.18. The van der Waals surface area contributed by atoms with E-state index < -0.39 is 0 Å². The standard InChI is InChI=1S/C36H27NO/c1-26(31-22-33(27-14-6-2-7-15-27)37-34(23-31)28-16-8-3-9-17-28)32-24-35(29-18-10-4-11-19-29)38-36(25-32)30-20-12-5-13-21-30/h2-25H,1H3. The van der Waals surface area contributed by atoms with Crippen molar-refractivity contribution < 1.29 is 4.74 Å². The number of hydrogen-bond acceptors (Lipinski definition) is 2. The highest BCUT2D eigenvalue weighted by Crippen LogP contribution is 2.36. The third-order valence-corrected chi connectivity index (χ3v) is 6.74. The summed E-state index contributed by atoms with van der Waals surface area (Å²) in [6, 6.07) is 45.6. The van der Waals surface area contributed by atoms with Crippen molar-refractivity contribution in [1.29, 1.82) is 0 Å². The number of hydrogen-bond donors (Lipinski definition) is 0. The van der Waals surface area contributed by atoms with Gasteiger partial charge in [-0.15, -0.1) is 0 Å². The molecule has 0 fully saturated rings. The summed E-state index contributed by atoms with van der Waals surface area (Å²) < 4.78 is 6.44. The molecule has 38 heavy (non-hydrogen) atoms. The van der Waals surface area contributed by atoms with Gasteiger partial charge >= 0.3 is 0 Å². The third kappa shape index (κ3) is 4.98. The molecule has 1 aliphatic heterocycles. The zero-order chi connectivity index (χ0) is 25.7. The van der Waals surface area contributed by atoms with Gasteiger partial charge in [-0.25, -0.2) is 4.98 Å². The summed E-state index contributed by atoms with van der Waals surface area (Å²) in [5.41, 5.74) is 9.58. The second-order valence-corrected chi connectivity index (χ2v) is 9.29. The Labute approximate surface area is 223 Å². The molecule has 5 aromatic rings. The van der Waals surface area contributed by atoms with E-state index in [2.05, 4.69) is 104 Å². The maximum Gasteiger partial charge on any atom is 0.135 e. The van der Waals surface area contributed by atoms with Crippen molar-refractivity contribution in [3.63, 3.8) is 0 Å². The lowest BCUT2D eigenvalue weighted by Crippen LogP contribution is -2.01. The van der Waals surface area contributed by atoms with Gasteiger partial charge in [0.05, 0.1) is 11.4 Å². The van der Waals surface area contributed by atoms with Gasteiger partial charge in [-0.1, -0.05) is 121 Å². The summed E-state index contributed by atoms with van der Waals surface area (Å²) in [4.78, 5) is 5.05. The highest BCUT2D eigenvalue weighted by atomic mass is 16.5. The van der Waals surface area contributed by atoms with Crippen LogP contribution in [0.25, 0.3) is 39.6 Å². The van der Waals surface area contributed by atoms with Crippen LogP contribution in [0.2, 0.25) is 0 Å². The first-order valence-corrected chi connectivity index (χ1v) is 12.8. The fraction of sp³-hybridized carbons (Fsp3) is 0.0278. The molecule has 0 aliphatic carbocycles. The lowest BCUT2D eigenvalue weighted by Gasteiger charge is -2.21. The van der Waals surface area contributed by atoms with E-state index in [0.29, 0.717) is 0 Å². The van der Waals surface area contributed by atoms with Crippen molar-refractivity contribution in [2.45, 2.75) is 6.92 Å². The molecule has 0 radical (unpaired) electrons. The molecule has 0 saturated carbocycles. The number of rotatable bonds is 5. The predicted octanol–water partition coefficient (Wildman–Crippen LogP) is 9.30. The lowest BCUT2D eigenvalue weighted by molar-refractivity contribution is 0.467. The Bertz CT molecular complexity index is 1530. The first-order chi connectivity index (χ1) is 18.7. The molecule has 1 aliphatic rings. The molecule has 0 saturated heterocycles. The van der Waals surface area contributed by atoms with Crippen LogP contribution in [-0.4, -0.2) is 4.98 Å². The first-order valence-electron chi connectivity index (χ1n) is 12.8. The molecule has 182 valence electrons. The average molecular weight is 490 g/mol. The van der Waals surface area contributed by atoms with Gasteiger partial charge in [-0.3, -0.25) is 0 Å². The zero-order valence-corrected chi connectivity index (χ0v) is 21.2. The number of nitrogens with zero attached hydrogens (tertiary/aromatic N) is 1. The van der Waals surface area contributed by atoms with Gasteiger partial charge in [0.25, 0.3) is 0 Å². The first kappa shape index (κ1) is 23.4. The van der Waals surface area contributed by atoms with E-state index in [1.165, 1.54) is 0 Å². The summed E-state index contributed by atoms with van der Waals surface area (Å²) in [5.74, 6) is 1.67. The summed E-state index contributed by atoms with van der Waals surface area (Å²) in [7, 11) is 0. The molecule has 0 atom stereocenters. The molecular formula is C36H27NO. The molecule has 0 amide bonds. The van der Waals surface area contributed by atoms with Crippen molar-refractivity contribution in [3.8, 4) is 22.5 Å². The van der Waals surface area contributed by atoms with Gasteiger partial charge in [0.15, 0.2) is 0 Å². The van der Waals surface area contributed by atoms with Gasteiger partial charge in [0.2, 0.25) is 0 Å². The van der Waals surface area contributed by atoms with Crippen molar-refractivity contribution in [3.05, 3.63) is 168 Å². The number of pyridine rings is 1. The molecule has 2 nitrogen and oxygen atoms in total. The maximum absolute atomic E-state index is 6.44. The molecule has 6 rings (SSSR count). The Hall–Kier alpha value is -4.95. The van der Waals surface area contributed by atoms with Crippen molar-refractivity contribution in [2.75, 3.05) is 0 Å². The SMILES string of the molecule is CC(=C1C=C(c2ccccc2)OC(c2ccccc2)=C1)c1cc(-c2ccccc2)nc(-c2ccccc2)c1. The van der Waals surface area contributed by atoms with Crippen LogP contribution in [-0.2, 0) is 4.74 Å². The minimum atomic E-state index is 0.835. The van der Waals surface area contributed by atoms with E-state index in [4.69, 9.17) is 9.72 Å². The Kier molecular flexibility index (Phi) is 6.53. The number of allylic oxidation sites excluding steroid dienone is 4. The predicted molar refractivity (Wildman–Crippen MR) is 158 cm³/mol. The number of aromatic nitrogens is 1. The Balaban J connectivity index is 1.54. The van der Waals surface area contributed by atoms with Gasteiger partial charge in [0, 0.05) is 22.3 Å². The highest BCUT2D eigenvalue weighted by molar-refractivity contribution is 5.85. The molecule has 4 aromatic carbocycles. The molecule has 0 bridgehead atoms. The van der Waals surface area contributed by atoms with E-state index in [-0.39, 0.29) is 0 Å². The van der Waals surface area contributed by atoms with Crippen molar-refractivity contribution in [2.24, 2.45) is 0 Å². The van der Waals surface area contributed by atoms with Crippen molar-refractivity contribution in [1.82, 2.24) is 4.98 Å². The average Bonchev–Trinajstić information content (AvgIpc) is 3.02. The summed E-state index contributed by atoms with van der Waals surface area (Å²) >= 11 is 0. The minimum Gasteiger partial charge on any atom is -0.456 e. The number of benzene rings is 4. The van der Waals surface area contributed by atoms with E-state index in [1.54, 1.807) is 0 Å². The molecular weight excluding hydrogens is 462 g/mol. The van der Waals surface area contributed by atoms with Crippen LogP contribution in [0.4, 0.5) is 0 Å². The van der Waals surface area contributed by atoms with Crippen molar-refractivity contribution >= 4 is 17.1 Å². The van der Waals surface area contributed by atoms with E-state index in [9.17, 15) is 0 Å². The minimum absolute atomic E-state index is 0.835. The van der Waals surface area contributed by atoms with Crippen LogP contribution >= 0.6 is 0 Å². The maximum atomic E-state index is 6.44. The molecule has 0 N–H and O–H groups in total. The second kappa shape index (κ2) is 10.6. The van der Waals surface area contributed by atoms with Gasteiger partial charge < -0.3 is 4.74 Å². The normalized spacial score (nSPS) is 12.8. The van der Waals surface area contributed by atoms with Crippen LogP contribution in [0, 0.1) is 0 Å². The third-order valence-electron chi connectivity index (χ3n) is 6.74. The zero-order valence-electron chi connectivity index (χ0n) is 21.2. The van der Waals surface area contributed by atoms with Crippen LogP contribution in [0.1, 0.15) is 23.6 Å². The van der Waals surface area contributed by atoms with E-state index in [0.717, 1.165) is 61.9 Å². The molecule has 0 unspecified atom stereocenters. The fourth-order valence-corrected chi connectivity index (χ4v) is 4.63. The summed E-state index contributed by atoms with van der Waals surface area (Å²) in [6.45, 7) is 2.18. The molecule has 0 spiro atoms. The molecule has 2 heteroatoms. The summed E-state index contributed by atoms with van der Waals surface area (Å²) in [6.07, 6.45) is 4.28. The van der Waals surface area contributed by atoms with E-state index >= 15 is 0 Å². The van der Waals surface area contributed by atoms with Crippen LogP contribution in [0.5, 0.6) is 0 Å². The molecule has 2 heterocycles. The fourth-order valence-electron chi connectivity index (χ4n) is 4.63. The second-order valence-electron chi connectivity index (χ2n) is 9.29. The quantitative estimate of drug-likeness (QED) is 0.245. The molecule has 1 aromatic heterocycles. The van der Waals surface area contributed by atoms with Gasteiger partial charge in [-0.05, 0) is 47.9 Å². The largest absolute Gasteiger partial charge is 0.456 e.